The summed E-state index contributed by atoms with van der Waals surface area (Å²) in [6.07, 6.45) is 2.00. The summed E-state index contributed by atoms with van der Waals surface area (Å²) in [6.45, 7) is 1.66. The van der Waals surface area contributed by atoms with Gasteiger partial charge in [-0.05, 0) is 36.3 Å². The second-order valence-electron chi connectivity index (χ2n) is 6.93. The van der Waals surface area contributed by atoms with Gasteiger partial charge in [0.15, 0.2) is 0 Å². The maximum atomic E-state index is 12.5. The number of halogens is 2. The molecule has 0 saturated carbocycles. The second kappa shape index (κ2) is 8.78. The van der Waals surface area contributed by atoms with E-state index in [-0.39, 0.29) is 11.9 Å². The Kier molecular flexibility index (Phi) is 6.42. The van der Waals surface area contributed by atoms with Crippen molar-refractivity contribution >= 4 is 33.2 Å². The average Bonchev–Trinajstić information content (AvgIpc) is 2.83. The van der Waals surface area contributed by atoms with Crippen molar-refractivity contribution in [3.05, 3.63) is 34.7 Å². The van der Waals surface area contributed by atoms with Crippen LogP contribution >= 0.6 is 11.3 Å². The lowest BCUT2D eigenvalue weighted by Crippen LogP contribution is -2.40. The van der Waals surface area contributed by atoms with Crippen molar-refractivity contribution in [2.45, 2.75) is 51.5 Å². The fourth-order valence-electron chi connectivity index (χ4n) is 3.77. The average molecular weight is 394 g/mol. The van der Waals surface area contributed by atoms with E-state index >= 15 is 0 Å². The van der Waals surface area contributed by atoms with E-state index in [1.54, 1.807) is 6.92 Å². The van der Waals surface area contributed by atoms with Gasteiger partial charge in [0.1, 0.15) is 0 Å². The van der Waals surface area contributed by atoms with Crippen molar-refractivity contribution in [3.63, 3.8) is 0 Å². The van der Waals surface area contributed by atoms with E-state index in [0.29, 0.717) is 11.3 Å². The zero-order valence-electron chi connectivity index (χ0n) is 15.3. The van der Waals surface area contributed by atoms with Crippen LogP contribution in [-0.2, 0) is 11.2 Å². The summed E-state index contributed by atoms with van der Waals surface area (Å²) >= 11 is 1.33. The molecule has 7 heteroatoms. The highest BCUT2D eigenvalue weighted by molar-refractivity contribution is 7.21. The van der Waals surface area contributed by atoms with Gasteiger partial charge in [-0.25, -0.2) is 8.78 Å². The molecule has 2 amide bonds. The van der Waals surface area contributed by atoms with Crippen LogP contribution in [0.5, 0.6) is 0 Å². The molecule has 1 saturated heterocycles. The highest BCUT2D eigenvalue weighted by atomic mass is 32.1. The summed E-state index contributed by atoms with van der Waals surface area (Å²) in [6, 6.07) is 7.74. The van der Waals surface area contributed by atoms with E-state index in [9.17, 15) is 18.4 Å². The quantitative estimate of drug-likeness (QED) is 0.825. The topological polar surface area (TPSA) is 49.4 Å². The molecule has 1 N–H and O–H groups in total. The number of rotatable bonds is 5. The number of nitrogens with one attached hydrogen (secondary N) is 1. The summed E-state index contributed by atoms with van der Waals surface area (Å²) < 4.78 is 26.0. The molecule has 1 atom stereocenters. The number of hydrogen-bond donors (Lipinski definition) is 1. The molecular formula is C20H24F2N2O2S. The Morgan fingerprint density at radius 1 is 1.26 bits per heavy atom. The van der Waals surface area contributed by atoms with Crippen LogP contribution in [0.1, 0.15) is 47.8 Å². The molecule has 1 aliphatic rings. The Morgan fingerprint density at radius 3 is 2.78 bits per heavy atom. The zero-order chi connectivity index (χ0) is 19.4. The van der Waals surface area contributed by atoms with Crippen molar-refractivity contribution in [2.24, 2.45) is 0 Å². The molecule has 4 nitrogen and oxygen atoms in total. The number of thiophene rings is 1. The number of benzene rings is 1. The van der Waals surface area contributed by atoms with Gasteiger partial charge in [0.25, 0.3) is 12.3 Å². The first kappa shape index (κ1) is 19.7. The fraction of sp³-hybridized carbons (Fsp3) is 0.500. The zero-order valence-corrected chi connectivity index (χ0v) is 16.2. The number of nitrogens with zero attached hydrogens (tertiary/aromatic N) is 1. The Balaban J connectivity index is 1.94. The smallest absolute Gasteiger partial charge is 0.261 e. The lowest BCUT2D eigenvalue weighted by Gasteiger charge is -2.29. The molecule has 1 fully saturated rings. The Bertz CT molecular complexity index is 821. The van der Waals surface area contributed by atoms with Gasteiger partial charge in [0, 0.05) is 24.2 Å². The minimum absolute atomic E-state index is 0.0321. The molecule has 3 rings (SSSR count). The lowest BCUT2D eigenvalue weighted by molar-refractivity contribution is -0.131. The van der Waals surface area contributed by atoms with Crippen molar-refractivity contribution in [1.29, 1.82) is 0 Å². The Morgan fingerprint density at radius 2 is 2.04 bits per heavy atom. The molecule has 27 heavy (non-hydrogen) atoms. The van der Waals surface area contributed by atoms with Gasteiger partial charge >= 0.3 is 0 Å². The van der Waals surface area contributed by atoms with Gasteiger partial charge in [-0.15, -0.1) is 11.3 Å². The molecule has 0 radical (unpaired) electrons. The lowest BCUT2D eigenvalue weighted by atomic mass is 9.98. The van der Waals surface area contributed by atoms with E-state index < -0.39 is 18.9 Å². The minimum Gasteiger partial charge on any atom is -0.346 e. The largest absolute Gasteiger partial charge is 0.346 e. The van der Waals surface area contributed by atoms with Gasteiger partial charge in [0.05, 0.1) is 11.4 Å². The van der Waals surface area contributed by atoms with Crippen LogP contribution in [0.25, 0.3) is 10.1 Å². The number of carbonyl (C=O) groups is 2. The third kappa shape index (κ3) is 4.64. The number of amides is 2. The molecule has 1 aromatic carbocycles. The Labute approximate surface area is 161 Å². The van der Waals surface area contributed by atoms with Crippen LogP contribution in [0.2, 0.25) is 0 Å². The van der Waals surface area contributed by atoms with Gasteiger partial charge in [0.2, 0.25) is 5.91 Å². The summed E-state index contributed by atoms with van der Waals surface area (Å²) in [5.41, 5.74) is 0.862. The number of likely N-dealkylation sites (tertiary alicyclic amines) is 1. The van der Waals surface area contributed by atoms with Crippen molar-refractivity contribution in [2.75, 3.05) is 13.1 Å². The van der Waals surface area contributed by atoms with Gasteiger partial charge in [-0.3, -0.25) is 9.59 Å². The SMILES string of the molecule is CC(=O)N1CCCCC[C@@H]1Cc1c(C(=O)NCC(F)F)sc2ccccc12. The Hall–Kier alpha value is -2.02. The van der Waals surface area contributed by atoms with Crippen LogP contribution in [0.15, 0.2) is 24.3 Å². The maximum absolute atomic E-state index is 12.5. The van der Waals surface area contributed by atoms with Crippen molar-refractivity contribution in [1.82, 2.24) is 10.2 Å². The van der Waals surface area contributed by atoms with Crippen LogP contribution in [0.4, 0.5) is 8.78 Å². The summed E-state index contributed by atoms with van der Waals surface area (Å²) in [7, 11) is 0. The number of alkyl halides is 2. The standard InChI is InChI=1S/C20H24F2N2O2S/c1-13(25)24-10-6-2-3-7-14(24)11-16-15-8-4-5-9-17(15)27-19(16)20(26)23-12-18(21)22/h4-5,8-9,14,18H,2-3,6-7,10-12H2,1H3,(H,23,26)/t14-/m1/s1. The van der Waals surface area contributed by atoms with Crippen LogP contribution < -0.4 is 5.32 Å². The molecular weight excluding hydrogens is 370 g/mol. The predicted octanol–water partition coefficient (Wildman–Crippen LogP) is 4.23. The first-order chi connectivity index (χ1) is 13.0. The van der Waals surface area contributed by atoms with Gasteiger partial charge < -0.3 is 10.2 Å². The monoisotopic (exact) mass is 394 g/mol. The van der Waals surface area contributed by atoms with E-state index in [1.165, 1.54) is 11.3 Å². The molecule has 0 unspecified atom stereocenters. The van der Waals surface area contributed by atoms with E-state index in [2.05, 4.69) is 5.32 Å². The first-order valence-electron chi connectivity index (χ1n) is 9.31. The highest BCUT2D eigenvalue weighted by Crippen LogP contribution is 2.34. The molecule has 1 aromatic heterocycles. The molecule has 0 aliphatic carbocycles. The van der Waals surface area contributed by atoms with Crippen LogP contribution in [0.3, 0.4) is 0 Å². The fourth-order valence-corrected chi connectivity index (χ4v) is 4.92. The third-order valence-electron chi connectivity index (χ3n) is 5.04. The molecule has 0 spiro atoms. The first-order valence-corrected chi connectivity index (χ1v) is 10.1. The maximum Gasteiger partial charge on any atom is 0.261 e. The summed E-state index contributed by atoms with van der Waals surface area (Å²) in [4.78, 5) is 27.0. The van der Waals surface area contributed by atoms with Crippen molar-refractivity contribution in [3.8, 4) is 0 Å². The predicted molar refractivity (Wildman–Crippen MR) is 104 cm³/mol. The van der Waals surface area contributed by atoms with Crippen LogP contribution in [-0.4, -0.2) is 42.3 Å². The van der Waals surface area contributed by atoms with E-state index in [4.69, 9.17) is 0 Å². The van der Waals surface area contributed by atoms with E-state index in [0.717, 1.165) is 47.9 Å². The number of hydrogen-bond acceptors (Lipinski definition) is 3. The van der Waals surface area contributed by atoms with E-state index in [1.807, 2.05) is 29.2 Å². The summed E-state index contributed by atoms with van der Waals surface area (Å²) in [5.74, 6) is -0.417. The highest BCUT2D eigenvalue weighted by Gasteiger charge is 2.27. The number of carbonyl (C=O) groups excluding carboxylic acids is 2. The molecule has 146 valence electrons. The van der Waals surface area contributed by atoms with Crippen LogP contribution in [0, 0.1) is 0 Å². The minimum atomic E-state index is -2.58. The third-order valence-corrected chi connectivity index (χ3v) is 6.25. The van der Waals surface area contributed by atoms with Gasteiger partial charge in [-0.2, -0.15) is 0 Å². The molecule has 2 aromatic rings. The van der Waals surface area contributed by atoms with Gasteiger partial charge in [-0.1, -0.05) is 31.0 Å². The summed E-state index contributed by atoms with van der Waals surface area (Å²) in [5, 5.41) is 3.29. The number of fused-ring (bicyclic) bond motifs is 1. The molecule has 1 aliphatic heterocycles. The second-order valence-corrected chi connectivity index (χ2v) is 7.98. The molecule has 0 bridgehead atoms. The molecule has 2 heterocycles. The normalized spacial score (nSPS) is 17.9. The van der Waals surface area contributed by atoms with Crippen molar-refractivity contribution < 1.29 is 18.4 Å².